The third-order valence-corrected chi connectivity index (χ3v) is 7.57. The predicted octanol–water partition coefficient (Wildman–Crippen LogP) is 7.13. The zero-order chi connectivity index (χ0) is 26.0. The molecule has 0 aliphatic heterocycles. The summed E-state index contributed by atoms with van der Waals surface area (Å²) in [5.74, 6) is 0.0949. The van der Waals surface area contributed by atoms with Crippen molar-refractivity contribution < 1.29 is 9.84 Å². The largest absolute Gasteiger partial charge is 0.481 e. The molecule has 0 fully saturated rings. The molecule has 0 spiro atoms. The van der Waals surface area contributed by atoms with Crippen molar-refractivity contribution in [3.8, 4) is 5.88 Å². The number of halogens is 1. The number of hydrogen-bond acceptors (Lipinski definition) is 4. The molecule has 0 bridgehead atoms. The van der Waals surface area contributed by atoms with Crippen LogP contribution in [0.5, 0.6) is 5.88 Å². The molecule has 1 aromatic heterocycles. The minimum absolute atomic E-state index is 0.426. The van der Waals surface area contributed by atoms with Crippen LogP contribution in [0, 0.1) is 0 Å². The summed E-state index contributed by atoms with van der Waals surface area (Å²) in [6, 6.07) is 32.8. The van der Waals surface area contributed by atoms with Gasteiger partial charge in [0.1, 0.15) is 5.60 Å². The summed E-state index contributed by atoms with van der Waals surface area (Å²) in [6.07, 6.45) is 0.521. The van der Waals surface area contributed by atoms with Crippen molar-refractivity contribution in [3.63, 3.8) is 0 Å². The molecule has 0 saturated heterocycles. The predicted molar refractivity (Wildman–Crippen MR) is 155 cm³/mol. The normalized spacial score (nSPS) is 14.1. The molecule has 0 amide bonds. The van der Waals surface area contributed by atoms with Crippen molar-refractivity contribution in [1.82, 2.24) is 9.88 Å². The minimum Gasteiger partial charge on any atom is -0.481 e. The zero-order valence-electron chi connectivity index (χ0n) is 21.4. The number of fused-ring (bicyclic) bond motifs is 2. The molecule has 4 aromatic carbocycles. The Hall–Kier alpha value is -3.25. The Morgan fingerprint density at radius 1 is 0.892 bits per heavy atom. The molecule has 1 heterocycles. The van der Waals surface area contributed by atoms with E-state index in [2.05, 4.69) is 69.4 Å². The summed E-state index contributed by atoms with van der Waals surface area (Å²) >= 11 is 3.60. The van der Waals surface area contributed by atoms with Gasteiger partial charge in [-0.2, -0.15) is 0 Å². The van der Waals surface area contributed by atoms with Gasteiger partial charge in [-0.1, -0.05) is 88.7 Å². The average Bonchev–Trinajstić information content (AvgIpc) is 2.92. The van der Waals surface area contributed by atoms with Crippen LogP contribution in [0.4, 0.5) is 0 Å². The molecule has 5 rings (SSSR count). The second kappa shape index (κ2) is 10.6. The second-order valence-electron chi connectivity index (χ2n) is 9.77. The van der Waals surface area contributed by atoms with Gasteiger partial charge in [-0.3, -0.25) is 0 Å². The number of rotatable bonds is 8. The first-order valence-electron chi connectivity index (χ1n) is 12.4. The lowest BCUT2D eigenvalue weighted by atomic mass is 9.70. The number of hydrogen-bond donors (Lipinski definition) is 1. The quantitative estimate of drug-likeness (QED) is 0.221. The Labute approximate surface area is 226 Å². The van der Waals surface area contributed by atoms with Gasteiger partial charge in [0.05, 0.1) is 12.6 Å². The second-order valence-corrected chi connectivity index (χ2v) is 10.7. The summed E-state index contributed by atoms with van der Waals surface area (Å²) in [4.78, 5) is 7.00. The fourth-order valence-corrected chi connectivity index (χ4v) is 5.68. The van der Waals surface area contributed by atoms with Crippen LogP contribution in [0.25, 0.3) is 21.7 Å². The van der Waals surface area contributed by atoms with E-state index in [1.54, 1.807) is 7.11 Å². The number of pyridine rings is 1. The van der Waals surface area contributed by atoms with Gasteiger partial charge in [0, 0.05) is 27.9 Å². The van der Waals surface area contributed by atoms with E-state index in [1.165, 1.54) is 0 Å². The molecular formula is C32H31BrN2O2. The Kier molecular flexibility index (Phi) is 7.29. The van der Waals surface area contributed by atoms with Gasteiger partial charge in [0.15, 0.2) is 0 Å². The molecule has 188 valence electrons. The lowest BCUT2D eigenvalue weighted by Crippen LogP contribution is -2.38. The molecule has 2 atom stereocenters. The highest BCUT2D eigenvalue weighted by molar-refractivity contribution is 9.10. The highest BCUT2D eigenvalue weighted by Gasteiger charge is 2.43. The van der Waals surface area contributed by atoms with Crippen LogP contribution < -0.4 is 4.74 Å². The maximum absolute atomic E-state index is 13.0. The smallest absolute Gasteiger partial charge is 0.217 e. The summed E-state index contributed by atoms with van der Waals surface area (Å²) in [7, 11) is 5.73. The summed E-state index contributed by atoms with van der Waals surface area (Å²) in [5, 5.41) is 16.2. The highest BCUT2D eigenvalue weighted by Crippen LogP contribution is 2.49. The Morgan fingerprint density at radius 2 is 1.62 bits per heavy atom. The Bertz CT molecular complexity index is 1530. The van der Waals surface area contributed by atoms with E-state index in [4.69, 9.17) is 9.72 Å². The molecule has 0 aliphatic carbocycles. The maximum atomic E-state index is 13.0. The fourth-order valence-electron chi connectivity index (χ4n) is 5.31. The van der Waals surface area contributed by atoms with Crippen LogP contribution in [0.3, 0.4) is 0 Å². The summed E-state index contributed by atoms with van der Waals surface area (Å²) < 4.78 is 6.86. The Balaban J connectivity index is 1.84. The molecule has 4 nitrogen and oxygen atoms in total. The van der Waals surface area contributed by atoms with Gasteiger partial charge in [0.25, 0.3) is 0 Å². The van der Waals surface area contributed by atoms with E-state index in [0.29, 0.717) is 18.8 Å². The standard InChI is InChI=1S/C32H31BrN2O2/c1-35(2)19-18-32(36,28-15-9-13-22-10-7-8-14-26(22)28)30(23-11-5-4-6-12-23)27-21-24-20-25(33)16-17-29(24)34-31(27)37-3/h4-17,20-21,30,36H,18-19H2,1-3H3/t30?,32-/m0/s1. The Morgan fingerprint density at radius 3 is 2.38 bits per heavy atom. The zero-order valence-corrected chi connectivity index (χ0v) is 22.9. The van der Waals surface area contributed by atoms with Crippen molar-refractivity contribution in [2.24, 2.45) is 0 Å². The van der Waals surface area contributed by atoms with E-state index >= 15 is 0 Å². The SMILES string of the molecule is COc1nc2ccc(Br)cc2cc1C(c1ccccc1)[C@](O)(CCN(C)C)c1cccc2ccccc12. The van der Waals surface area contributed by atoms with Crippen molar-refractivity contribution >= 4 is 37.6 Å². The number of ether oxygens (including phenoxy) is 1. The number of aliphatic hydroxyl groups is 1. The summed E-state index contributed by atoms with van der Waals surface area (Å²) in [6.45, 7) is 0.706. The molecular weight excluding hydrogens is 524 g/mol. The van der Waals surface area contributed by atoms with Crippen LogP contribution in [-0.2, 0) is 5.60 Å². The lowest BCUT2D eigenvalue weighted by Gasteiger charge is -2.39. The van der Waals surface area contributed by atoms with Crippen molar-refractivity contribution in [2.45, 2.75) is 17.9 Å². The van der Waals surface area contributed by atoms with Crippen molar-refractivity contribution in [1.29, 1.82) is 0 Å². The number of nitrogens with zero attached hydrogens (tertiary/aromatic N) is 2. The van der Waals surface area contributed by atoms with E-state index in [9.17, 15) is 5.11 Å². The molecule has 1 N–H and O–H groups in total. The van der Waals surface area contributed by atoms with E-state index < -0.39 is 11.5 Å². The maximum Gasteiger partial charge on any atom is 0.217 e. The first-order chi connectivity index (χ1) is 17.9. The average molecular weight is 556 g/mol. The molecule has 5 aromatic rings. The van der Waals surface area contributed by atoms with Gasteiger partial charge < -0.3 is 14.7 Å². The molecule has 0 saturated carbocycles. The number of aromatic nitrogens is 1. The van der Waals surface area contributed by atoms with Gasteiger partial charge in [-0.25, -0.2) is 4.98 Å². The molecule has 1 unspecified atom stereocenters. The van der Waals surface area contributed by atoms with E-state index in [0.717, 1.165) is 42.8 Å². The summed E-state index contributed by atoms with van der Waals surface area (Å²) in [5.41, 5.74) is 2.36. The van der Waals surface area contributed by atoms with Gasteiger partial charge >= 0.3 is 0 Å². The van der Waals surface area contributed by atoms with Crippen molar-refractivity contribution in [3.05, 3.63) is 118 Å². The highest BCUT2D eigenvalue weighted by atomic mass is 79.9. The van der Waals surface area contributed by atoms with Crippen LogP contribution in [0.1, 0.15) is 29.0 Å². The molecule has 37 heavy (non-hydrogen) atoms. The molecule has 5 heteroatoms. The number of methoxy groups -OCH3 is 1. The minimum atomic E-state index is -1.25. The van der Waals surface area contributed by atoms with Crippen LogP contribution >= 0.6 is 15.9 Å². The van der Waals surface area contributed by atoms with E-state index in [-0.39, 0.29) is 0 Å². The van der Waals surface area contributed by atoms with Crippen molar-refractivity contribution in [2.75, 3.05) is 27.7 Å². The monoisotopic (exact) mass is 554 g/mol. The fraction of sp³-hybridized carbons (Fsp3) is 0.219. The third kappa shape index (κ3) is 4.99. The molecule has 0 radical (unpaired) electrons. The topological polar surface area (TPSA) is 45.6 Å². The first-order valence-corrected chi connectivity index (χ1v) is 13.2. The van der Waals surface area contributed by atoms with Crippen LogP contribution in [-0.4, -0.2) is 42.7 Å². The third-order valence-electron chi connectivity index (χ3n) is 7.08. The van der Waals surface area contributed by atoms with Crippen LogP contribution in [0.2, 0.25) is 0 Å². The number of benzene rings is 4. The van der Waals surface area contributed by atoms with Gasteiger partial charge in [-0.05, 0) is 66.7 Å². The van der Waals surface area contributed by atoms with Gasteiger partial charge in [-0.15, -0.1) is 0 Å². The van der Waals surface area contributed by atoms with Gasteiger partial charge in [0.2, 0.25) is 5.88 Å². The molecule has 0 aliphatic rings. The first kappa shape index (κ1) is 25.4. The van der Waals surface area contributed by atoms with Crippen LogP contribution in [0.15, 0.2) is 102 Å². The lowest BCUT2D eigenvalue weighted by molar-refractivity contribution is 0.00520. The van der Waals surface area contributed by atoms with E-state index in [1.807, 2.05) is 62.6 Å².